The third-order valence-corrected chi connectivity index (χ3v) is 4.15. The van der Waals surface area contributed by atoms with Gasteiger partial charge in [0.05, 0.1) is 11.3 Å². The number of rotatable bonds is 2. The van der Waals surface area contributed by atoms with Gasteiger partial charge in [0, 0.05) is 13.1 Å². The molecule has 0 radical (unpaired) electrons. The standard InChI is InChI=1S/C16H16N2O4/c1-9-7-18(8-12(9)14(17)19)15(20)13-6-10-4-2-3-5-11(10)16(21)22-13/h2-6,9,12H,7-8H2,1H3,(H2,17,19)/t9-,12-/m1/s1. The quantitative estimate of drug-likeness (QED) is 0.894. The summed E-state index contributed by atoms with van der Waals surface area (Å²) in [6, 6.07) is 8.48. The monoisotopic (exact) mass is 300 g/mol. The second kappa shape index (κ2) is 5.29. The number of benzene rings is 1. The number of carbonyl (C=O) groups is 2. The zero-order valence-corrected chi connectivity index (χ0v) is 12.1. The van der Waals surface area contributed by atoms with Crippen molar-refractivity contribution in [3.63, 3.8) is 0 Å². The SMILES string of the molecule is C[C@@H]1CN(C(=O)c2cc3ccccc3c(=O)o2)C[C@H]1C(N)=O. The maximum absolute atomic E-state index is 12.5. The molecule has 2 atom stereocenters. The van der Waals surface area contributed by atoms with Gasteiger partial charge in [-0.2, -0.15) is 0 Å². The maximum atomic E-state index is 12.5. The topological polar surface area (TPSA) is 93.6 Å². The van der Waals surface area contributed by atoms with Gasteiger partial charge in [-0.05, 0) is 23.4 Å². The second-order valence-electron chi connectivity index (χ2n) is 5.68. The lowest BCUT2D eigenvalue weighted by atomic mass is 9.98. The molecule has 114 valence electrons. The van der Waals surface area contributed by atoms with Crippen LogP contribution in [0, 0.1) is 11.8 Å². The van der Waals surface area contributed by atoms with Crippen LogP contribution in [0.2, 0.25) is 0 Å². The van der Waals surface area contributed by atoms with Crippen molar-refractivity contribution in [3.05, 3.63) is 46.5 Å². The first-order valence-corrected chi connectivity index (χ1v) is 7.09. The summed E-state index contributed by atoms with van der Waals surface area (Å²) in [5.74, 6) is -1.19. The number of carbonyl (C=O) groups excluding carboxylic acids is 2. The van der Waals surface area contributed by atoms with Gasteiger partial charge in [-0.15, -0.1) is 0 Å². The van der Waals surface area contributed by atoms with E-state index in [4.69, 9.17) is 10.2 Å². The molecule has 2 heterocycles. The van der Waals surface area contributed by atoms with Crippen molar-refractivity contribution >= 4 is 22.6 Å². The second-order valence-corrected chi connectivity index (χ2v) is 5.68. The van der Waals surface area contributed by atoms with Crippen LogP contribution in [0.25, 0.3) is 10.8 Å². The molecule has 2 N–H and O–H groups in total. The Morgan fingerprint density at radius 3 is 2.68 bits per heavy atom. The maximum Gasteiger partial charge on any atom is 0.344 e. The number of primary amides is 1. The van der Waals surface area contributed by atoms with Crippen LogP contribution >= 0.6 is 0 Å². The highest BCUT2D eigenvalue weighted by molar-refractivity contribution is 5.95. The molecule has 1 fully saturated rings. The minimum atomic E-state index is -0.542. The van der Waals surface area contributed by atoms with Crippen LogP contribution in [0.4, 0.5) is 0 Å². The van der Waals surface area contributed by atoms with E-state index in [0.29, 0.717) is 17.3 Å². The lowest BCUT2D eigenvalue weighted by Gasteiger charge is -2.15. The number of hydrogen-bond donors (Lipinski definition) is 1. The molecule has 2 aromatic rings. The van der Waals surface area contributed by atoms with Crippen molar-refractivity contribution in [1.29, 1.82) is 0 Å². The number of hydrogen-bond acceptors (Lipinski definition) is 4. The van der Waals surface area contributed by atoms with Crippen molar-refractivity contribution < 1.29 is 14.0 Å². The van der Waals surface area contributed by atoms with Gasteiger partial charge in [-0.1, -0.05) is 25.1 Å². The van der Waals surface area contributed by atoms with Gasteiger partial charge in [0.15, 0.2) is 5.76 Å². The van der Waals surface area contributed by atoms with Gasteiger partial charge >= 0.3 is 5.63 Å². The number of likely N-dealkylation sites (tertiary alicyclic amines) is 1. The Bertz CT molecular complexity index is 811. The lowest BCUT2D eigenvalue weighted by Crippen LogP contribution is -2.32. The largest absolute Gasteiger partial charge is 0.417 e. The Labute approximate surface area is 126 Å². The minimum absolute atomic E-state index is 0.00590. The normalized spacial score (nSPS) is 21.2. The molecule has 0 aliphatic carbocycles. The van der Waals surface area contributed by atoms with Gasteiger partial charge in [0.1, 0.15) is 0 Å². The molecule has 6 nitrogen and oxygen atoms in total. The summed E-state index contributed by atoms with van der Waals surface area (Å²) in [6.07, 6.45) is 0. The van der Waals surface area contributed by atoms with Crippen LogP contribution in [0.1, 0.15) is 17.5 Å². The molecule has 0 spiro atoms. The van der Waals surface area contributed by atoms with E-state index >= 15 is 0 Å². The Morgan fingerprint density at radius 2 is 2.00 bits per heavy atom. The van der Waals surface area contributed by atoms with Gasteiger partial charge in [0.2, 0.25) is 5.91 Å². The summed E-state index contributed by atoms with van der Waals surface area (Å²) in [6.45, 7) is 2.55. The number of nitrogens with two attached hydrogens (primary N) is 1. The van der Waals surface area contributed by atoms with Gasteiger partial charge in [-0.3, -0.25) is 9.59 Å². The van der Waals surface area contributed by atoms with Crippen molar-refractivity contribution in [2.24, 2.45) is 17.6 Å². The van der Waals surface area contributed by atoms with E-state index in [9.17, 15) is 14.4 Å². The van der Waals surface area contributed by atoms with Crippen molar-refractivity contribution in [2.45, 2.75) is 6.92 Å². The number of nitrogens with zero attached hydrogens (tertiary/aromatic N) is 1. The first-order chi connectivity index (χ1) is 10.5. The van der Waals surface area contributed by atoms with Crippen LogP contribution in [-0.4, -0.2) is 29.8 Å². The first-order valence-electron chi connectivity index (χ1n) is 7.09. The summed E-state index contributed by atoms with van der Waals surface area (Å²) in [7, 11) is 0. The predicted octanol–water partition coefficient (Wildman–Crippen LogP) is 0.986. The Balaban J connectivity index is 1.93. The van der Waals surface area contributed by atoms with Crippen molar-refractivity contribution in [2.75, 3.05) is 13.1 Å². The first kappa shape index (κ1) is 14.3. The average Bonchev–Trinajstić information content (AvgIpc) is 2.88. The molecule has 6 heteroatoms. The highest BCUT2D eigenvalue weighted by Crippen LogP contribution is 2.24. The number of amides is 2. The van der Waals surface area contributed by atoms with Crippen LogP contribution in [-0.2, 0) is 4.79 Å². The molecular formula is C16H16N2O4. The van der Waals surface area contributed by atoms with Crippen LogP contribution in [0.3, 0.4) is 0 Å². The molecule has 1 saturated heterocycles. The fraction of sp³-hybridized carbons (Fsp3) is 0.312. The summed E-state index contributed by atoms with van der Waals surface area (Å²) >= 11 is 0. The fourth-order valence-corrected chi connectivity index (χ4v) is 2.90. The molecule has 0 unspecified atom stereocenters. The smallest absolute Gasteiger partial charge is 0.344 e. The van der Waals surface area contributed by atoms with Gasteiger partial charge < -0.3 is 15.1 Å². The van der Waals surface area contributed by atoms with E-state index in [1.165, 1.54) is 4.90 Å². The molecule has 22 heavy (non-hydrogen) atoms. The van der Waals surface area contributed by atoms with Gasteiger partial charge in [0.25, 0.3) is 5.91 Å². The van der Waals surface area contributed by atoms with E-state index in [0.717, 1.165) is 0 Å². The van der Waals surface area contributed by atoms with Crippen LogP contribution in [0.15, 0.2) is 39.5 Å². The van der Waals surface area contributed by atoms with E-state index in [1.54, 1.807) is 30.3 Å². The Morgan fingerprint density at radius 1 is 1.27 bits per heavy atom. The van der Waals surface area contributed by atoms with E-state index < -0.39 is 17.4 Å². The summed E-state index contributed by atoms with van der Waals surface area (Å²) in [5.41, 5.74) is 4.80. The average molecular weight is 300 g/mol. The summed E-state index contributed by atoms with van der Waals surface area (Å²) < 4.78 is 5.13. The van der Waals surface area contributed by atoms with E-state index in [2.05, 4.69) is 0 Å². The Hall–Kier alpha value is -2.63. The molecular weight excluding hydrogens is 284 g/mol. The molecule has 1 aromatic carbocycles. The van der Waals surface area contributed by atoms with Crippen LogP contribution < -0.4 is 11.4 Å². The highest BCUT2D eigenvalue weighted by Gasteiger charge is 2.36. The molecule has 1 aliphatic heterocycles. The fourth-order valence-electron chi connectivity index (χ4n) is 2.90. The zero-order valence-electron chi connectivity index (χ0n) is 12.1. The predicted molar refractivity (Wildman–Crippen MR) is 80.2 cm³/mol. The zero-order chi connectivity index (χ0) is 15.9. The summed E-state index contributed by atoms with van der Waals surface area (Å²) in [5, 5.41) is 1.09. The molecule has 1 aromatic heterocycles. The third-order valence-electron chi connectivity index (χ3n) is 4.15. The highest BCUT2D eigenvalue weighted by atomic mass is 16.4. The summed E-state index contributed by atoms with van der Waals surface area (Å²) in [4.78, 5) is 37.3. The van der Waals surface area contributed by atoms with E-state index in [1.807, 2.05) is 6.92 Å². The molecule has 0 bridgehead atoms. The lowest BCUT2D eigenvalue weighted by molar-refractivity contribution is -0.122. The number of fused-ring (bicyclic) bond motifs is 1. The van der Waals surface area contributed by atoms with Crippen molar-refractivity contribution in [1.82, 2.24) is 4.90 Å². The minimum Gasteiger partial charge on any atom is -0.417 e. The van der Waals surface area contributed by atoms with E-state index in [-0.39, 0.29) is 24.1 Å². The third kappa shape index (κ3) is 2.36. The molecule has 2 amide bonds. The van der Waals surface area contributed by atoms with Crippen LogP contribution in [0.5, 0.6) is 0 Å². The Kier molecular flexibility index (Phi) is 3.44. The molecule has 1 aliphatic rings. The molecule has 0 saturated carbocycles. The van der Waals surface area contributed by atoms with Crippen molar-refractivity contribution in [3.8, 4) is 0 Å². The van der Waals surface area contributed by atoms with Gasteiger partial charge in [-0.25, -0.2) is 4.79 Å². The molecule has 3 rings (SSSR count).